The lowest BCUT2D eigenvalue weighted by molar-refractivity contribution is 0.140. The SMILES string of the molecule is CCNC(=O)Nc1ccc2c(c1)CC(N(CCCN1CCN(C)CC1)C(=O)Nc1ccc(F)c(Cl)c1)CC2.[HH]. The van der Waals surface area contributed by atoms with Gasteiger partial charge in [0, 0.05) is 58.1 Å². The zero-order valence-corrected chi connectivity index (χ0v) is 23.0. The second-order valence-electron chi connectivity index (χ2n) is 10.1. The van der Waals surface area contributed by atoms with Crippen LogP contribution in [0.3, 0.4) is 0 Å². The van der Waals surface area contributed by atoms with Crippen LogP contribution < -0.4 is 16.0 Å². The first-order valence-corrected chi connectivity index (χ1v) is 13.8. The highest BCUT2D eigenvalue weighted by Crippen LogP contribution is 2.28. The number of hydrogen-bond donors (Lipinski definition) is 3. The van der Waals surface area contributed by atoms with Crippen molar-refractivity contribution in [3.63, 3.8) is 0 Å². The number of urea groups is 2. The largest absolute Gasteiger partial charge is 0.338 e. The molecule has 0 bridgehead atoms. The van der Waals surface area contributed by atoms with Gasteiger partial charge in [0.25, 0.3) is 0 Å². The maximum Gasteiger partial charge on any atom is 0.322 e. The molecule has 1 heterocycles. The zero-order valence-electron chi connectivity index (χ0n) is 22.2. The summed E-state index contributed by atoms with van der Waals surface area (Å²) in [7, 11) is 2.14. The number of carbonyl (C=O) groups is 2. The summed E-state index contributed by atoms with van der Waals surface area (Å²) in [5, 5.41) is 8.53. The highest BCUT2D eigenvalue weighted by atomic mass is 35.5. The van der Waals surface area contributed by atoms with Crippen LogP contribution in [0, 0.1) is 5.82 Å². The van der Waals surface area contributed by atoms with Crippen LogP contribution in [0.5, 0.6) is 0 Å². The molecule has 2 aromatic carbocycles. The zero-order chi connectivity index (χ0) is 27.1. The van der Waals surface area contributed by atoms with Gasteiger partial charge in [-0.1, -0.05) is 17.7 Å². The lowest BCUT2D eigenvalue weighted by Crippen LogP contribution is -2.48. The van der Waals surface area contributed by atoms with E-state index < -0.39 is 5.82 Å². The van der Waals surface area contributed by atoms with E-state index in [9.17, 15) is 14.0 Å². The summed E-state index contributed by atoms with van der Waals surface area (Å²) >= 11 is 5.95. The number of nitrogens with one attached hydrogen (secondary N) is 3. The quantitative estimate of drug-likeness (QED) is 0.440. The second kappa shape index (κ2) is 13.3. The topological polar surface area (TPSA) is 80.0 Å². The summed E-state index contributed by atoms with van der Waals surface area (Å²) < 4.78 is 13.7. The fourth-order valence-corrected chi connectivity index (χ4v) is 5.35. The van der Waals surface area contributed by atoms with Crippen molar-refractivity contribution in [2.75, 3.05) is 63.5 Å². The molecule has 0 saturated carbocycles. The molecular formula is C28H40ClFN6O2. The Labute approximate surface area is 231 Å². The lowest BCUT2D eigenvalue weighted by atomic mass is 9.87. The van der Waals surface area contributed by atoms with Gasteiger partial charge in [0.15, 0.2) is 0 Å². The molecule has 208 valence electrons. The van der Waals surface area contributed by atoms with Crippen molar-refractivity contribution >= 4 is 35.0 Å². The van der Waals surface area contributed by atoms with Crippen molar-refractivity contribution in [1.82, 2.24) is 20.0 Å². The second-order valence-corrected chi connectivity index (χ2v) is 10.5. The van der Waals surface area contributed by atoms with Crippen molar-refractivity contribution < 1.29 is 15.4 Å². The van der Waals surface area contributed by atoms with E-state index in [0.717, 1.165) is 63.2 Å². The summed E-state index contributed by atoms with van der Waals surface area (Å²) in [6.07, 6.45) is 3.27. The number of carbonyl (C=O) groups excluding carboxylic acids is 2. The Kier molecular flexibility index (Phi) is 9.82. The van der Waals surface area contributed by atoms with Crippen LogP contribution in [0.1, 0.15) is 32.3 Å². The number of benzene rings is 2. The number of hydrogen-bond acceptors (Lipinski definition) is 4. The average molecular weight is 547 g/mol. The Morgan fingerprint density at radius 1 is 1.08 bits per heavy atom. The molecule has 1 atom stereocenters. The molecule has 1 saturated heterocycles. The fraction of sp³-hybridized carbons (Fsp3) is 0.500. The van der Waals surface area contributed by atoms with E-state index in [0.29, 0.717) is 25.2 Å². The maximum atomic E-state index is 13.7. The molecule has 0 spiro atoms. The van der Waals surface area contributed by atoms with Gasteiger partial charge in [-0.05, 0) is 87.7 Å². The van der Waals surface area contributed by atoms with Gasteiger partial charge in [-0.15, -0.1) is 0 Å². The molecule has 2 aliphatic rings. The molecular weight excluding hydrogens is 507 g/mol. The molecule has 2 aromatic rings. The Hall–Kier alpha value is -2.88. The molecule has 1 unspecified atom stereocenters. The Morgan fingerprint density at radius 2 is 1.82 bits per heavy atom. The van der Waals surface area contributed by atoms with Gasteiger partial charge in [0.1, 0.15) is 5.82 Å². The maximum absolute atomic E-state index is 13.7. The minimum atomic E-state index is -0.519. The normalized spacial score (nSPS) is 17.9. The first kappa shape index (κ1) is 28.1. The summed E-state index contributed by atoms with van der Waals surface area (Å²) in [6, 6.07) is 9.78. The number of amides is 4. The minimum Gasteiger partial charge on any atom is -0.338 e. The van der Waals surface area contributed by atoms with Gasteiger partial charge in [0.05, 0.1) is 5.02 Å². The predicted octanol–water partition coefficient (Wildman–Crippen LogP) is 4.90. The van der Waals surface area contributed by atoms with E-state index in [2.05, 4.69) is 38.9 Å². The van der Waals surface area contributed by atoms with E-state index >= 15 is 0 Å². The highest BCUT2D eigenvalue weighted by molar-refractivity contribution is 6.31. The number of nitrogens with zero attached hydrogens (tertiary/aromatic N) is 3. The highest BCUT2D eigenvalue weighted by Gasteiger charge is 2.28. The Balaban J connectivity index is 0.00000420. The molecule has 4 amide bonds. The summed E-state index contributed by atoms with van der Waals surface area (Å²) in [5.41, 5.74) is 3.58. The van der Waals surface area contributed by atoms with Gasteiger partial charge < -0.3 is 30.7 Å². The lowest BCUT2D eigenvalue weighted by Gasteiger charge is -2.37. The minimum absolute atomic E-state index is 0. The van der Waals surface area contributed by atoms with E-state index in [1.54, 1.807) is 0 Å². The van der Waals surface area contributed by atoms with Crippen molar-refractivity contribution in [2.45, 2.75) is 38.6 Å². The van der Waals surface area contributed by atoms with E-state index in [-0.39, 0.29) is 24.6 Å². The van der Waals surface area contributed by atoms with Crippen molar-refractivity contribution in [1.29, 1.82) is 0 Å². The van der Waals surface area contributed by atoms with Gasteiger partial charge in [-0.3, -0.25) is 0 Å². The molecule has 10 heteroatoms. The standard InChI is InChI=1S/C28H38ClFN6O2.H2/c1-3-31-27(37)32-22-7-5-20-6-9-24(18-21(20)17-22)36(12-4-11-35-15-13-34(2)14-16-35)28(38)33-23-8-10-26(30)25(29)19-23;/h5,7-8,10,17,19,24H,3-4,6,9,11-16,18H2,1-2H3,(H,33,38)(H2,31,32,37);1H. The van der Waals surface area contributed by atoms with E-state index in [4.69, 9.17) is 11.6 Å². The third-order valence-corrected chi connectivity index (χ3v) is 7.64. The van der Waals surface area contributed by atoms with Crippen molar-refractivity contribution in [3.05, 3.63) is 58.4 Å². The number of likely N-dealkylation sites (N-methyl/N-ethyl adjacent to an activating group) is 1. The van der Waals surface area contributed by atoms with Gasteiger partial charge >= 0.3 is 12.1 Å². The molecule has 3 N–H and O–H groups in total. The van der Waals surface area contributed by atoms with Gasteiger partial charge in [0.2, 0.25) is 0 Å². The Bertz CT molecular complexity index is 1130. The molecule has 0 radical (unpaired) electrons. The molecule has 1 fully saturated rings. The summed E-state index contributed by atoms with van der Waals surface area (Å²) in [5.74, 6) is -0.519. The summed E-state index contributed by atoms with van der Waals surface area (Å²) in [4.78, 5) is 32.2. The molecule has 4 rings (SSSR count). The summed E-state index contributed by atoms with van der Waals surface area (Å²) in [6.45, 7) is 8.16. The van der Waals surface area contributed by atoms with Crippen molar-refractivity contribution in [3.8, 4) is 0 Å². The third kappa shape index (κ3) is 7.58. The number of piperazine rings is 1. The van der Waals surface area contributed by atoms with Crippen LogP contribution in [0.4, 0.5) is 25.4 Å². The molecule has 38 heavy (non-hydrogen) atoms. The Morgan fingerprint density at radius 3 is 2.55 bits per heavy atom. The van der Waals surface area contributed by atoms with Crippen LogP contribution in [-0.2, 0) is 12.8 Å². The number of halogens is 2. The molecule has 8 nitrogen and oxygen atoms in total. The third-order valence-electron chi connectivity index (χ3n) is 7.35. The van der Waals surface area contributed by atoms with Crippen LogP contribution in [-0.4, -0.2) is 85.7 Å². The monoisotopic (exact) mass is 546 g/mol. The van der Waals surface area contributed by atoms with E-state index in [1.807, 2.05) is 24.0 Å². The van der Waals surface area contributed by atoms with Crippen LogP contribution in [0.25, 0.3) is 0 Å². The number of rotatable bonds is 8. The first-order chi connectivity index (χ1) is 18.3. The number of fused-ring (bicyclic) bond motifs is 1. The van der Waals surface area contributed by atoms with Crippen LogP contribution >= 0.6 is 11.6 Å². The van der Waals surface area contributed by atoms with Crippen molar-refractivity contribution in [2.24, 2.45) is 0 Å². The average Bonchev–Trinajstić information content (AvgIpc) is 2.89. The fourth-order valence-electron chi connectivity index (χ4n) is 5.17. The smallest absolute Gasteiger partial charge is 0.322 e. The molecule has 1 aliphatic heterocycles. The van der Waals surface area contributed by atoms with Crippen LogP contribution in [0.2, 0.25) is 5.02 Å². The van der Waals surface area contributed by atoms with Gasteiger partial charge in [-0.2, -0.15) is 0 Å². The first-order valence-electron chi connectivity index (χ1n) is 13.4. The molecule has 0 aromatic heterocycles. The van der Waals surface area contributed by atoms with E-state index in [1.165, 1.54) is 23.8 Å². The predicted molar refractivity (Wildman–Crippen MR) is 153 cm³/mol. The number of aryl methyl sites for hydroxylation is 1. The van der Waals surface area contributed by atoms with Crippen LogP contribution in [0.15, 0.2) is 36.4 Å². The molecule has 1 aliphatic carbocycles. The van der Waals surface area contributed by atoms with Gasteiger partial charge in [-0.25, -0.2) is 14.0 Å². The number of anilines is 2.